The molecule has 0 bridgehead atoms. The summed E-state index contributed by atoms with van der Waals surface area (Å²) in [6, 6.07) is 2.16. The van der Waals surface area contributed by atoms with Crippen molar-refractivity contribution in [1.82, 2.24) is 9.47 Å². The number of aromatic nitrogens is 1. The van der Waals surface area contributed by atoms with Gasteiger partial charge in [0, 0.05) is 25.3 Å². The van der Waals surface area contributed by atoms with Gasteiger partial charge < -0.3 is 25.0 Å². The average Bonchev–Trinajstić information content (AvgIpc) is 3.20. The van der Waals surface area contributed by atoms with Crippen molar-refractivity contribution in [3.63, 3.8) is 0 Å². The average molecular weight is 279 g/mol. The second kappa shape index (κ2) is 5.10. The van der Waals surface area contributed by atoms with E-state index in [9.17, 15) is 9.90 Å². The second-order valence-electron chi connectivity index (χ2n) is 5.76. The highest BCUT2D eigenvalue weighted by Crippen LogP contribution is 2.37. The zero-order chi connectivity index (χ0) is 14.3. The number of nitrogen functional groups attached to an aromatic ring is 1. The smallest absolute Gasteiger partial charge is 0.270 e. The highest BCUT2D eigenvalue weighted by molar-refractivity contribution is 5.94. The Labute approximate surface area is 118 Å². The van der Waals surface area contributed by atoms with Gasteiger partial charge in [0.05, 0.1) is 24.5 Å². The molecule has 110 valence electrons. The SMILES string of the molecule is CC1CN(C(=O)c2cc(N)cn2C2CC2)CC(CO)O1. The van der Waals surface area contributed by atoms with Crippen molar-refractivity contribution in [3.05, 3.63) is 18.0 Å². The fraction of sp³-hybridized carbons (Fsp3) is 0.643. The van der Waals surface area contributed by atoms with Gasteiger partial charge in [-0.2, -0.15) is 0 Å². The maximum atomic E-state index is 12.7. The Morgan fingerprint density at radius 1 is 1.50 bits per heavy atom. The molecule has 1 aromatic heterocycles. The van der Waals surface area contributed by atoms with Gasteiger partial charge in [0.25, 0.3) is 5.91 Å². The maximum absolute atomic E-state index is 12.7. The third-order valence-electron chi connectivity index (χ3n) is 3.85. The topological polar surface area (TPSA) is 80.7 Å². The number of nitrogens with two attached hydrogens (primary N) is 1. The van der Waals surface area contributed by atoms with Crippen molar-refractivity contribution in [2.75, 3.05) is 25.4 Å². The number of morpholine rings is 1. The molecule has 6 nitrogen and oxygen atoms in total. The Morgan fingerprint density at radius 2 is 2.25 bits per heavy atom. The number of aliphatic hydroxyl groups excluding tert-OH is 1. The van der Waals surface area contributed by atoms with Crippen LogP contribution in [0.1, 0.15) is 36.3 Å². The van der Waals surface area contributed by atoms with E-state index in [0.29, 0.717) is 30.5 Å². The molecule has 20 heavy (non-hydrogen) atoms. The first-order chi connectivity index (χ1) is 9.58. The Kier molecular flexibility index (Phi) is 3.43. The fourth-order valence-electron chi connectivity index (χ4n) is 2.80. The molecule has 2 heterocycles. The summed E-state index contributed by atoms with van der Waals surface area (Å²) in [7, 11) is 0. The summed E-state index contributed by atoms with van der Waals surface area (Å²) in [6.45, 7) is 2.82. The van der Waals surface area contributed by atoms with Gasteiger partial charge in [-0.15, -0.1) is 0 Å². The van der Waals surface area contributed by atoms with Gasteiger partial charge in [-0.25, -0.2) is 0 Å². The van der Waals surface area contributed by atoms with E-state index in [4.69, 9.17) is 10.5 Å². The number of hydrogen-bond donors (Lipinski definition) is 2. The van der Waals surface area contributed by atoms with E-state index in [-0.39, 0.29) is 24.7 Å². The maximum Gasteiger partial charge on any atom is 0.270 e. The molecular formula is C14H21N3O3. The number of rotatable bonds is 3. The van der Waals surface area contributed by atoms with Crippen LogP contribution >= 0.6 is 0 Å². The monoisotopic (exact) mass is 279 g/mol. The number of aliphatic hydroxyl groups is 1. The van der Waals surface area contributed by atoms with Crippen molar-refractivity contribution in [2.45, 2.75) is 38.0 Å². The number of hydrogen-bond acceptors (Lipinski definition) is 4. The van der Waals surface area contributed by atoms with E-state index in [1.165, 1.54) is 0 Å². The van der Waals surface area contributed by atoms with Gasteiger partial charge in [0.15, 0.2) is 0 Å². The number of ether oxygens (including phenoxy) is 1. The van der Waals surface area contributed by atoms with Gasteiger partial charge in [-0.1, -0.05) is 0 Å². The molecule has 0 spiro atoms. The summed E-state index contributed by atoms with van der Waals surface area (Å²) < 4.78 is 7.56. The molecule has 0 radical (unpaired) electrons. The van der Waals surface area contributed by atoms with Crippen LogP contribution in [-0.4, -0.2) is 52.4 Å². The first-order valence-corrected chi connectivity index (χ1v) is 7.11. The van der Waals surface area contributed by atoms with Crippen LogP contribution in [0, 0.1) is 0 Å². The van der Waals surface area contributed by atoms with E-state index in [0.717, 1.165) is 12.8 Å². The minimum atomic E-state index is -0.301. The van der Waals surface area contributed by atoms with Gasteiger partial charge in [-0.05, 0) is 25.8 Å². The zero-order valence-electron chi connectivity index (χ0n) is 11.7. The molecule has 2 fully saturated rings. The normalized spacial score (nSPS) is 26.8. The Hall–Kier alpha value is -1.53. The van der Waals surface area contributed by atoms with Gasteiger partial charge in [-0.3, -0.25) is 4.79 Å². The number of amides is 1. The van der Waals surface area contributed by atoms with Crippen LogP contribution in [0.4, 0.5) is 5.69 Å². The molecule has 6 heteroatoms. The standard InChI is InChI=1S/C14H21N3O3/c1-9-5-16(7-12(8-18)20-9)14(19)13-4-10(15)6-17(13)11-2-3-11/h4,6,9,11-12,18H,2-3,5,7-8,15H2,1H3. The van der Waals surface area contributed by atoms with E-state index in [1.54, 1.807) is 11.0 Å². The lowest BCUT2D eigenvalue weighted by atomic mass is 10.2. The first kappa shape index (κ1) is 13.5. The largest absolute Gasteiger partial charge is 0.397 e. The molecule has 0 aromatic carbocycles. The van der Waals surface area contributed by atoms with Gasteiger partial charge >= 0.3 is 0 Å². The molecule has 1 aromatic rings. The molecule has 3 rings (SSSR count). The van der Waals surface area contributed by atoms with E-state index >= 15 is 0 Å². The molecule has 2 aliphatic rings. The zero-order valence-corrected chi connectivity index (χ0v) is 11.7. The second-order valence-corrected chi connectivity index (χ2v) is 5.76. The molecule has 3 N–H and O–H groups in total. The Balaban J connectivity index is 1.81. The van der Waals surface area contributed by atoms with Crippen molar-refractivity contribution >= 4 is 11.6 Å². The quantitative estimate of drug-likeness (QED) is 0.850. The number of carbonyl (C=O) groups is 1. The molecule has 1 amide bonds. The highest BCUT2D eigenvalue weighted by atomic mass is 16.5. The lowest BCUT2D eigenvalue weighted by Crippen LogP contribution is -2.50. The third-order valence-corrected chi connectivity index (χ3v) is 3.85. The summed E-state index contributed by atoms with van der Waals surface area (Å²) in [6.07, 6.45) is 3.69. The van der Waals surface area contributed by atoms with Crippen LogP contribution < -0.4 is 5.73 Å². The van der Waals surface area contributed by atoms with Gasteiger partial charge in [0.2, 0.25) is 0 Å². The molecule has 1 aliphatic heterocycles. The van der Waals surface area contributed by atoms with Crippen LogP contribution in [-0.2, 0) is 4.74 Å². The lowest BCUT2D eigenvalue weighted by Gasteiger charge is -2.36. The summed E-state index contributed by atoms with van der Waals surface area (Å²) in [5.74, 6) is -0.0257. The van der Waals surface area contributed by atoms with Crippen LogP contribution in [0.15, 0.2) is 12.3 Å². The van der Waals surface area contributed by atoms with Crippen molar-refractivity contribution in [1.29, 1.82) is 0 Å². The highest BCUT2D eigenvalue weighted by Gasteiger charge is 2.33. The number of nitrogens with zero attached hydrogens (tertiary/aromatic N) is 2. The molecule has 1 saturated heterocycles. The number of carbonyl (C=O) groups excluding carboxylic acids is 1. The van der Waals surface area contributed by atoms with Crippen molar-refractivity contribution in [2.24, 2.45) is 0 Å². The summed E-state index contributed by atoms with van der Waals surface area (Å²) >= 11 is 0. The molecule has 1 aliphatic carbocycles. The van der Waals surface area contributed by atoms with Crippen molar-refractivity contribution < 1.29 is 14.6 Å². The van der Waals surface area contributed by atoms with Crippen molar-refractivity contribution in [3.8, 4) is 0 Å². The first-order valence-electron chi connectivity index (χ1n) is 7.11. The predicted octanol–water partition coefficient (Wildman–Crippen LogP) is 0.627. The predicted molar refractivity (Wildman–Crippen MR) is 74.4 cm³/mol. The van der Waals surface area contributed by atoms with E-state index < -0.39 is 0 Å². The molecule has 2 unspecified atom stereocenters. The van der Waals surface area contributed by atoms with Crippen LogP contribution in [0.3, 0.4) is 0 Å². The molecule has 1 saturated carbocycles. The van der Waals surface area contributed by atoms with Crippen LogP contribution in [0.25, 0.3) is 0 Å². The molecular weight excluding hydrogens is 258 g/mol. The molecule has 2 atom stereocenters. The Bertz CT molecular complexity index is 510. The summed E-state index contributed by atoms with van der Waals surface area (Å²) in [5.41, 5.74) is 7.11. The lowest BCUT2D eigenvalue weighted by molar-refractivity contribution is -0.0860. The van der Waals surface area contributed by atoms with Gasteiger partial charge in [0.1, 0.15) is 5.69 Å². The fourth-order valence-corrected chi connectivity index (χ4v) is 2.80. The van der Waals surface area contributed by atoms with Crippen LogP contribution in [0.2, 0.25) is 0 Å². The number of anilines is 1. The summed E-state index contributed by atoms with van der Waals surface area (Å²) in [4.78, 5) is 14.4. The minimum Gasteiger partial charge on any atom is -0.397 e. The minimum absolute atomic E-state index is 0.0257. The summed E-state index contributed by atoms with van der Waals surface area (Å²) in [5, 5.41) is 9.25. The van der Waals surface area contributed by atoms with Crippen LogP contribution in [0.5, 0.6) is 0 Å². The Morgan fingerprint density at radius 3 is 2.90 bits per heavy atom. The third kappa shape index (κ3) is 2.53. The van der Waals surface area contributed by atoms with E-state index in [2.05, 4.69) is 0 Å². The van der Waals surface area contributed by atoms with E-state index in [1.807, 2.05) is 17.7 Å².